The van der Waals surface area contributed by atoms with Gasteiger partial charge >= 0.3 is 5.97 Å². The van der Waals surface area contributed by atoms with E-state index < -0.39 is 5.97 Å². The average molecular weight is 185 g/mol. The molecule has 73 valence electrons. The van der Waals surface area contributed by atoms with Crippen molar-refractivity contribution >= 4 is 11.9 Å². The van der Waals surface area contributed by atoms with Crippen LogP contribution >= 0.6 is 0 Å². The lowest BCUT2D eigenvalue weighted by Crippen LogP contribution is -2.46. The van der Waals surface area contributed by atoms with Crippen LogP contribution < -0.4 is 5.32 Å². The summed E-state index contributed by atoms with van der Waals surface area (Å²) in [7, 11) is 0. The smallest absolute Gasteiger partial charge is 0.304 e. The zero-order valence-electron chi connectivity index (χ0n) is 7.32. The highest BCUT2D eigenvalue weighted by molar-refractivity contribution is 5.89. The average Bonchev–Trinajstić information content (AvgIpc) is 2.15. The maximum absolute atomic E-state index is 11.3. The number of carboxylic acid groups (broad SMARTS) is 1. The number of hydrogen-bond acceptors (Lipinski definition) is 3. The van der Waals surface area contributed by atoms with E-state index in [2.05, 4.69) is 5.32 Å². The maximum Gasteiger partial charge on any atom is 0.304 e. The van der Waals surface area contributed by atoms with Gasteiger partial charge in [-0.05, 0) is 0 Å². The zero-order chi connectivity index (χ0) is 9.68. The van der Waals surface area contributed by atoms with Gasteiger partial charge in [-0.1, -0.05) is 0 Å². The lowest BCUT2D eigenvalue weighted by Gasteiger charge is -2.27. The summed E-state index contributed by atoms with van der Waals surface area (Å²) in [5.74, 6) is -1.15. The molecule has 0 aromatic heterocycles. The number of rotatable bonds is 3. The highest BCUT2D eigenvalue weighted by atomic mass is 16.4. The molecular formula is C8H13N2O3. The molecule has 1 radical (unpaired) electrons. The van der Waals surface area contributed by atoms with Crippen LogP contribution in [0.25, 0.3) is 0 Å². The Morgan fingerprint density at radius 3 is 2.54 bits per heavy atom. The molecule has 0 bridgehead atoms. The van der Waals surface area contributed by atoms with Gasteiger partial charge in [0.25, 0.3) is 0 Å². The van der Waals surface area contributed by atoms with Crippen molar-refractivity contribution in [2.75, 3.05) is 26.2 Å². The third kappa shape index (κ3) is 3.42. The maximum atomic E-state index is 11.3. The Kier molecular flexibility index (Phi) is 3.70. The molecule has 0 aromatic rings. The van der Waals surface area contributed by atoms with Crippen LogP contribution in [-0.4, -0.2) is 48.1 Å². The number of hydrogen-bond donors (Lipinski definition) is 2. The fraction of sp³-hybridized carbons (Fsp3) is 0.625. The van der Waals surface area contributed by atoms with Gasteiger partial charge in [0.2, 0.25) is 5.91 Å². The summed E-state index contributed by atoms with van der Waals surface area (Å²) in [6.07, 6.45) is 1.02. The van der Waals surface area contributed by atoms with Crippen LogP contribution in [0.4, 0.5) is 0 Å². The Balaban J connectivity index is 2.25. The highest BCUT2D eigenvalue weighted by Gasteiger charge is 2.16. The molecular weight excluding hydrogens is 172 g/mol. The van der Waals surface area contributed by atoms with Crippen LogP contribution in [0.5, 0.6) is 0 Å². The number of amides is 1. The number of carboxylic acids is 1. The molecule has 0 aromatic carbocycles. The molecule has 1 heterocycles. The van der Waals surface area contributed by atoms with Gasteiger partial charge in [0.1, 0.15) is 0 Å². The van der Waals surface area contributed by atoms with E-state index in [1.807, 2.05) is 0 Å². The Bertz CT molecular complexity index is 200. The van der Waals surface area contributed by atoms with Crippen LogP contribution in [0, 0.1) is 6.42 Å². The van der Waals surface area contributed by atoms with Crippen LogP contribution in [0.1, 0.15) is 6.42 Å². The molecule has 0 spiro atoms. The molecule has 5 heteroatoms. The monoisotopic (exact) mass is 185 g/mol. The third-order valence-corrected chi connectivity index (χ3v) is 1.88. The first kappa shape index (κ1) is 9.98. The quantitative estimate of drug-likeness (QED) is 0.597. The van der Waals surface area contributed by atoms with Gasteiger partial charge in [-0.3, -0.25) is 9.59 Å². The minimum absolute atomic E-state index is 0.177. The fourth-order valence-corrected chi connectivity index (χ4v) is 1.19. The summed E-state index contributed by atoms with van der Waals surface area (Å²) >= 11 is 0. The van der Waals surface area contributed by atoms with Crippen LogP contribution in [-0.2, 0) is 9.59 Å². The van der Waals surface area contributed by atoms with Gasteiger partial charge in [-0.15, -0.1) is 0 Å². The summed E-state index contributed by atoms with van der Waals surface area (Å²) in [5.41, 5.74) is 0. The third-order valence-electron chi connectivity index (χ3n) is 1.88. The molecule has 13 heavy (non-hydrogen) atoms. The number of aliphatic carboxylic acids is 1. The number of nitrogens with zero attached hydrogens (tertiary/aromatic N) is 1. The SMILES string of the molecule is O=C(O)C[CH]C(=O)N1CCNCC1. The van der Waals surface area contributed by atoms with Crippen LogP contribution in [0.3, 0.4) is 0 Å². The standard InChI is InChI=1S/C8H13N2O3/c11-7(1-2-8(12)13)10-5-3-9-4-6-10/h1,9H,2-6H2,(H,12,13). The molecule has 0 saturated carbocycles. The molecule has 5 nitrogen and oxygen atoms in total. The molecule has 0 unspecified atom stereocenters. The van der Waals surface area contributed by atoms with E-state index in [9.17, 15) is 9.59 Å². The Morgan fingerprint density at radius 1 is 1.38 bits per heavy atom. The van der Waals surface area contributed by atoms with Gasteiger partial charge < -0.3 is 15.3 Å². The van der Waals surface area contributed by atoms with Crippen molar-refractivity contribution in [1.29, 1.82) is 0 Å². The van der Waals surface area contributed by atoms with E-state index >= 15 is 0 Å². The Hall–Kier alpha value is -1.10. The lowest BCUT2D eigenvalue weighted by atomic mass is 10.2. The second-order valence-corrected chi connectivity index (χ2v) is 2.88. The van der Waals surface area contributed by atoms with Gasteiger partial charge in [-0.2, -0.15) is 0 Å². The minimum Gasteiger partial charge on any atom is -0.481 e. The molecule has 0 aliphatic carbocycles. The summed E-state index contributed by atoms with van der Waals surface area (Å²) in [6.45, 7) is 2.89. The van der Waals surface area contributed by atoms with Crippen molar-refractivity contribution in [2.45, 2.75) is 6.42 Å². The van der Waals surface area contributed by atoms with Crippen molar-refractivity contribution < 1.29 is 14.7 Å². The van der Waals surface area contributed by atoms with Crippen molar-refractivity contribution in [2.24, 2.45) is 0 Å². The number of carbonyl (C=O) groups is 2. The van der Waals surface area contributed by atoms with Crippen molar-refractivity contribution in [3.63, 3.8) is 0 Å². The summed E-state index contributed by atoms with van der Waals surface area (Å²) in [4.78, 5) is 23.1. The topological polar surface area (TPSA) is 69.6 Å². The Labute approximate surface area is 76.7 Å². The second-order valence-electron chi connectivity index (χ2n) is 2.88. The first-order valence-electron chi connectivity index (χ1n) is 4.25. The molecule has 1 rings (SSSR count). The predicted octanol–water partition coefficient (Wildman–Crippen LogP) is -0.903. The predicted molar refractivity (Wildman–Crippen MR) is 46.0 cm³/mol. The molecule has 1 amide bonds. The lowest BCUT2D eigenvalue weighted by molar-refractivity contribution is -0.138. The molecule has 0 atom stereocenters. The summed E-state index contributed by atoms with van der Waals surface area (Å²) in [6, 6.07) is 0. The Morgan fingerprint density at radius 2 is 2.00 bits per heavy atom. The normalized spacial score (nSPS) is 17.1. The molecule has 2 N–H and O–H groups in total. The first-order chi connectivity index (χ1) is 6.20. The van der Waals surface area contributed by atoms with Crippen molar-refractivity contribution in [3.8, 4) is 0 Å². The van der Waals surface area contributed by atoms with Gasteiger partial charge in [0.05, 0.1) is 12.8 Å². The minimum atomic E-state index is -0.969. The largest absolute Gasteiger partial charge is 0.481 e. The van der Waals surface area contributed by atoms with Gasteiger partial charge in [0.15, 0.2) is 0 Å². The number of piperazine rings is 1. The van der Waals surface area contributed by atoms with E-state index in [-0.39, 0.29) is 12.3 Å². The van der Waals surface area contributed by atoms with E-state index in [1.165, 1.54) is 6.42 Å². The fourth-order valence-electron chi connectivity index (χ4n) is 1.19. The van der Waals surface area contributed by atoms with Gasteiger partial charge in [-0.25, -0.2) is 0 Å². The van der Waals surface area contributed by atoms with E-state index in [1.54, 1.807) is 4.90 Å². The zero-order valence-corrected chi connectivity index (χ0v) is 7.32. The number of nitrogens with one attached hydrogen (secondary N) is 1. The van der Waals surface area contributed by atoms with Crippen molar-refractivity contribution in [3.05, 3.63) is 6.42 Å². The van der Waals surface area contributed by atoms with E-state index in [0.717, 1.165) is 13.1 Å². The first-order valence-corrected chi connectivity index (χ1v) is 4.25. The second kappa shape index (κ2) is 4.81. The molecule has 1 saturated heterocycles. The summed E-state index contributed by atoms with van der Waals surface area (Å²) in [5, 5.41) is 11.5. The summed E-state index contributed by atoms with van der Waals surface area (Å²) < 4.78 is 0. The molecule has 1 aliphatic heterocycles. The highest BCUT2D eigenvalue weighted by Crippen LogP contribution is 1.98. The van der Waals surface area contributed by atoms with E-state index in [4.69, 9.17) is 5.11 Å². The molecule has 1 aliphatic rings. The van der Waals surface area contributed by atoms with Crippen LogP contribution in [0.15, 0.2) is 0 Å². The van der Waals surface area contributed by atoms with E-state index in [0.29, 0.717) is 13.1 Å². The number of carbonyl (C=O) groups excluding carboxylic acids is 1. The van der Waals surface area contributed by atoms with Crippen molar-refractivity contribution in [1.82, 2.24) is 10.2 Å². The van der Waals surface area contributed by atoms with Crippen LogP contribution in [0.2, 0.25) is 0 Å². The molecule has 1 fully saturated rings. The van der Waals surface area contributed by atoms with Gasteiger partial charge in [0, 0.05) is 26.2 Å².